The zero-order valence-electron chi connectivity index (χ0n) is 15.1. The molecule has 1 aliphatic heterocycles. The Balaban J connectivity index is 1.65. The van der Waals surface area contributed by atoms with Gasteiger partial charge in [0.1, 0.15) is 5.82 Å². The molecule has 7 heteroatoms. The Morgan fingerprint density at radius 2 is 2.12 bits per heavy atom. The molecule has 1 saturated heterocycles. The number of aromatic nitrogens is 2. The van der Waals surface area contributed by atoms with Crippen molar-refractivity contribution in [2.24, 2.45) is 0 Å². The summed E-state index contributed by atoms with van der Waals surface area (Å²) >= 11 is 11.6. The Morgan fingerprint density at radius 3 is 2.88 bits per heavy atom. The van der Waals surface area contributed by atoms with Crippen LogP contribution >= 0.6 is 23.8 Å². The lowest BCUT2D eigenvalue weighted by atomic mass is 10.0. The highest BCUT2D eigenvalue weighted by molar-refractivity contribution is 7.80. The van der Waals surface area contributed by atoms with Gasteiger partial charge < -0.3 is 15.5 Å². The number of halogens is 1. The van der Waals surface area contributed by atoms with E-state index >= 15 is 0 Å². The lowest BCUT2D eigenvalue weighted by Gasteiger charge is -2.34. The van der Waals surface area contributed by atoms with Crippen LogP contribution < -0.4 is 15.5 Å². The van der Waals surface area contributed by atoms with Gasteiger partial charge in [0.05, 0.1) is 0 Å². The Labute approximate surface area is 165 Å². The van der Waals surface area contributed by atoms with Crippen molar-refractivity contribution >= 4 is 40.7 Å². The van der Waals surface area contributed by atoms with Gasteiger partial charge in [-0.05, 0) is 57.0 Å². The molecule has 0 saturated carbocycles. The normalized spacial score (nSPS) is 17.0. The summed E-state index contributed by atoms with van der Waals surface area (Å²) in [5.74, 6) is 1.48. The zero-order chi connectivity index (χ0) is 18.5. The molecular formula is C19H24ClN5S. The average Bonchev–Trinajstić information content (AvgIpc) is 2.61. The number of thiocarbonyl (C=S) groups is 1. The fourth-order valence-corrected chi connectivity index (χ4v) is 3.52. The predicted molar refractivity (Wildman–Crippen MR) is 112 cm³/mol. The topological polar surface area (TPSA) is 53.1 Å². The van der Waals surface area contributed by atoms with Gasteiger partial charge in [0, 0.05) is 35.9 Å². The van der Waals surface area contributed by atoms with E-state index in [4.69, 9.17) is 23.8 Å². The second-order valence-electron chi connectivity index (χ2n) is 6.63. The Morgan fingerprint density at radius 1 is 1.31 bits per heavy atom. The van der Waals surface area contributed by atoms with Crippen LogP contribution in [0.25, 0.3) is 0 Å². The van der Waals surface area contributed by atoms with Crippen LogP contribution in [0, 0.1) is 6.92 Å². The van der Waals surface area contributed by atoms with Crippen molar-refractivity contribution in [3.8, 4) is 0 Å². The van der Waals surface area contributed by atoms with E-state index in [0.717, 1.165) is 28.6 Å². The Bertz CT molecular complexity index is 782. The molecule has 1 atom stereocenters. The largest absolute Gasteiger partial charge is 0.358 e. The van der Waals surface area contributed by atoms with E-state index < -0.39 is 0 Å². The number of hydrogen-bond donors (Lipinski definition) is 2. The van der Waals surface area contributed by atoms with Gasteiger partial charge in [-0.25, -0.2) is 4.98 Å². The van der Waals surface area contributed by atoms with Crippen molar-refractivity contribution in [1.29, 1.82) is 0 Å². The molecule has 1 aromatic heterocycles. The van der Waals surface area contributed by atoms with Gasteiger partial charge >= 0.3 is 0 Å². The van der Waals surface area contributed by atoms with Gasteiger partial charge in [0.2, 0.25) is 5.95 Å². The van der Waals surface area contributed by atoms with Crippen LogP contribution in [0.3, 0.4) is 0 Å². The van der Waals surface area contributed by atoms with Gasteiger partial charge in [-0.3, -0.25) is 0 Å². The number of piperidine rings is 1. The number of hydrogen-bond acceptors (Lipinski definition) is 4. The lowest BCUT2D eigenvalue weighted by Crippen LogP contribution is -2.38. The predicted octanol–water partition coefficient (Wildman–Crippen LogP) is 4.30. The molecule has 3 rings (SSSR count). The van der Waals surface area contributed by atoms with Crippen molar-refractivity contribution in [2.45, 2.75) is 45.7 Å². The third-order valence-corrected chi connectivity index (χ3v) is 5.18. The van der Waals surface area contributed by atoms with Crippen molar-refractivity contribution in [3.63, 3.8) is 0 Å². The van der Waals surface area contributed by atoms with Crippen LogP contribution in [0.4, 0.5) is 11.8 Å². The number of nitrogens with one attached hydrogen (secondary N) is 2. The maximum absolute atomic E-state index is 6.18. The first-order valence-electron chi connectivity index (χ1n) is 8.93. The van der Waals surface area contributed by atoms with Crippen molar-refractivity contribution < 1.29 is 0 Å². The smallest absolute Gasteiger partial charge is 0.231 e. The molecule has 1 fully saturated rings. The maximum atomic E-state index is 6.18. The molecule has 5 nitrogen and oxygen atoms in total. The molecule has 2 aromatic rings. The minimum atomic E-state index is 0.480. The molecule has 138 valence electrons. The molecule has 2 heterocycles. The van der Waals surface area contributed by atoms with E-state index in [1.54, 1.807) is 0 Å². The lowest BCUT2D eigenvalue weighted by molar-refractivity contribution is 0.481. The van der Waals surface area contributed by atoms with Crippen LogP contribution in [0.15, 0.2) is 30.3 Å². The number of anilines is 2. The summed E-state index contributed by atoms with van der Waals surface area (Å²) in [6.07, 6.45) is 3.68. The summed E-state index contributed by atoms with van der Waals surface area (Å²) in [5, 5.41) is 7.45. The highest BCUT2D eigenvalue weighted by Gasteiger charge is 2.20. The van der Waals surface area contributed by atoms with Gasteiger partial charge in [-0.1, -0.05) is 29.8 Å². The summed E-state index contributed by atoms with van der Waals surface area (Å²) in [5.41, 5.74) is 1.91. The third kappa shape index (κ3) is 4.83. The van der Waals surface area contributed by atoms with Crippen LogP contribution in [0.5, 0.6) is 0 Å². The highest BCUT2D eigenvalue weighted by atomic mass is 35.5. The van der Waals surface area contributed by atoms with Gasteiger partial charge in [-0.2, -0.15) is 4.98 Å². The molecule has 1 aliphatic rings. The van der Waals surface area contributed by atoms with Gasteiger partial charge in [0.25, 0.3) is 0 Å². The number of aryl methyl sites for hydroxylation is 1. The maximum Gasteiger partial charge on any atom is 0.231 e. The molecule has 0 spiro atoms. The van der Waals surface area contributed by atoms with E-state index in [-0.39, 0.29) is 0 Å². The summed E-state index contributed by atoms with van der Waals surface area (Å²) in [6.45, 7) is 5.81. The van der Waals surface area contributed by atoms with E-state index in [0.29, 0.717) is 23.6 Å². The summed E-state index contributed by atoms with van der Waals surface area (Å²) in [7, 11) is 0. The number of nitrogens with zero attached hydrogens (tertiary/aromatic N) is 3. The SMILES string of the molecule is Cc1cc(N2CCCC[C@@H]2C)nc(NC(=S)NCc2ccccc2Cl)n1. The third-order valence-electron chi connectivity index (χ3n) is 4.56. The molecule has 0 bridgehead atoms. The van der Waals surface area contributed by atoms with Crippen LogP contribution in [0.1, 0.15) is 37.4 Å². The molecule has 0 radical (unpaired) electrons. The minimum absolute atomic E-state index is 0.480. The van der Waals surface area contributed by atoms with Gasteiger partial charge in [0.15, 0.2) is 5.11 Å². The molecule has 2 N–H and O–H groups in total. The first kappa shape index (κ1) is 18.9. The second kappa shape index (κ2) is 8.64. The Hall–Kier alpha value is -1.92. The molecular weight excluding hydrogens is 366 g/mol. The molecule has 0 aliphatic carbocycles. The fourth-order valence-electron chi connectivity index (χ4n) is 3.16. The highest BCUT2D eigenvalue weighted by Crippen LogP contribution is 2.24. The number of rotatable bonds is 4. The molecule has 26 heavy (non-hydrogen) atoms. The van der Waals surface area contributed by atoms with Gasteiger partial charge in [-0.15, -0.1) is 0 Å². The van der Waals surface area contributed by atoms with E-state index in [9.17, 15) is 0 Å². The van der Waals surface area contributed by atoms with Crippen molar-refractivity contribution in [2.75, 3.05) is 16.8 Å². The Kier molecular flexibility index (Phi) is 6.27. The van der Waals surface area contributed by atoms with Crippen LogP contribution in [-0.2, 0) is 6.54 Å². The summed E-state index contributed by atoms with van der Waals surface area (Å²) in [4.78, 5) is 11.5. The van der Waals surface area contributed by atoms with Crippen molar-refractivity contribution in [1.82, 2.24) is 15.3 Å². The standard InChI is InChI=1S/C19H24ClN5S/c1-13-11-17(25-10-6-5-7-14(25)2)23-18(22-13)24-19(26)21-12-15-8-3-4-9-16(15)20/h3-4,8-9,11,14H,5-7,10,12H2,1-2H3,(H2,21,22,23,24,26)/t14-/m0/s1. The van der Waals surface area contributed by atoms with Crippen LogP contribution in [-0.4, -0.2) is 27.7 Å². The second-order valence-corrected chi connectivity index (χ2v) is 7.44. The molecule has 1 aromatic carbocycles. The minimum Gasteiger partial charge on any atom is -0.358 e. The first-order valence-corrected chi connectivity index (χ1v) is 9.72. The van der Waals surface area contributed by atoms with E-state index in [1.807, 2.05) is 37.3 Å². The number of benzene rings is 1. The summed E-state index contributed by atoms with van der Waals surface area (Å²) < 4.78 is 0. The zero-order valence-corrected chi connectivity index (χ0v) is 16.7. The first-order chi connectivity index (χ1) is 12.5. The van der Waals surface area contributed by atoms with Crippen molar-refractivity contribution in [3.05, 3.63) is 46.6 Å². The summed E-state index contributed by atoms with van der Waals surface area (Å²) in [6, 6.07) is 10.2. The van der Waals surface area contributed by atoms with Crippen LogP contribution in [0.2, 0.25) is 5.02 Å². The monoisotopic (exact) mass is 389 g/mol. The molecule has 0 unspecified atom stereocenters. The van der Waals surface area contributed by atoms with E-state index in [2.05, 4.69) is 32.4 Å². The quantitative estimate of drug-likeness (QED) is 0.760. The molecule has 0 amide bonds. The average molecular weight is 390 g/mol. The fraction of sp³-hybridized carbons (Fsp3) is 0.421. The van der Waals surface area contributed by atoms with E-state index in [1.165, 1.54) is 19.3 Å².